The molecule has 8 nitrogen and oxygen atoms in total. The molecule has 0 saturated carbocycles. The molecule has 0 bridgehead atoms. The van der Waals surface area contributed by atoms with E-state index in [4.69, 9.17) is 0 Å². The van der Waals surface area contributed by atoms with Crippen molar-refractivity contribution in [3.63, 3.8) is 0 Å². The van der Waals surface area contributed by atoms with Crippen molar-refractivity contribution in [1.29, 1.82) is 0 Å². The van der Waals surface area contributed by atoms with Gasteiger partial charge in [0.05, 0.1) is 4.92 Å². The van der Waals surface area contributed by atoms with Gasteiger partial charge >= 0.3 is 0 Å². The van der Waals surface area contributed by atoms with Crippen LogP contribution in [0.5, 0.6) is 0 Å². The summed E-state index contributed by atoms with van der Waals surface area (Å²) in [5.74, 6) is 0. The van der Waals surface area contributed by atoms with E-state index < -0.39 is 14.9 Å². The smallest absolute Gasteiger partial charge is 0.289 e. The molecule has 2 aromatic rings. The molecular formula is C18H20N4O4S. The number of benzene rings is 1. The Hall–Kier alpha value is -2.62. The zero-order valence-corrected chi connectivity index (χ0v) is 15.5. The number of sulfonamides is 1. The average molecular weight is 388 g/mol. The molecule has 1 aromatic heterocycles. The first-order valence-corrected chi connectivity index (χ1v) is 9.95. The molecular weight excluding hydrogens is 368 g/mol. The third kappa shape index (κ3) is 4.57. The Labute approximate surface area is 158 Å². The summed E-state index contributed by atoms with van der Waals surface area (Å²) in [6.45, 7) is 2.44. The van der Waals surface area contributed by atoms with E-state index in [1.807, 2.05) is 24.3 Å². The van der Waals surface area contributed by atoms with E-state index in [-0.39, 0.29) is 10.6 Å². The van der Waals surface area contributed by atoms with Gasteiger partial charge in [-0.3, -0.25) is 20.0 Å². The van der Waals surface area contributed by atoms with Crippen LogP contribution in [-0.2, 0) is 10.0 Å². The Morgan fingerprint density at radius 1 is 1.11 bits per heavy atom. The minimum Gasteiger partial charge on any atom is -0.297 e. The normalized spacial score (nSPS) is 16.6. The summed E-state index contributed by atoms with van der Waals surface area (Å²) in [7, 11) is -3.89. The molecule has 1 saturated heterocycles. The highest BCUT2D eigenvalue weighted by molar-refractivity contribution is 7.89. The highest BCUT2D eigenvalue weighted by Gasteiger charge is 2.33. The molecule has 0 N–H and O–H groups in total. The first kappa shape index (κ1) is 19.2. The lowest BCUT2D eigenvalue weighted by Gasteiger charge is -2.33. The number of nitro groups is 1. The lowest BCUT2D eigenvalue weighted by molar-refractivity contribution is -0.387. The number of pyridine rings is 1. The zero-order chi connectivity index (χ0) is 19.3. The number of nitro benzene ring substituents is 1. The van der Waals surface area contributed by atoms with Gasteiger partial charge < -0.3 is 0 Å². The van der Waals surface area contributed by atoms with Gasteiger partial charge in [-0.05, 0) is 17.7 Å². The van der Waals surface area contributed by atoms with E-state index in [0.29, 0.717) is 32.7 Å². The SMILES string of the molecule is O=[N+]([O-])c1ccccc1S(=O)(=O)N1CCN(CC=Cc2cccnc2)CC1. The number of hydrogen-bond donors (Lipinski definition) is 0. The lowest BCUT2D eigenvalue weighted by atomic mass is 10.2. The third-order valence-corrected chi connectivity index (χ3v) is 6.32. The van der Waals surface area contributed by atoms with Crippen LogP contribution in [0.25, 0.3) is 6.08 Å². The number of hydrogen-bond acceptors (Lipinski definition) is 6. The molecule has 1 aliphatic rings. The highest BCUT2D eigenvalue weighted by atomic mass is 32.2. The molecule has 0 aliphatic carbocycles. The van der Waals surface area contributed by atoms with Crippen molar-refractivity contribution in [3.8, 4) is 0 Å². The Bertz CT molecular complexity index is 923. The van der Waals surface area contributed by atoms with Crippen molar-refractivity contribution < 1.29 is 13.3 Å². The summed E-state index contributed by atoms with van der Waals surface area (Å²) < 4.78 is 26.9. The zero-order valence-electron chi connectivity index (χ0n) is 14.6. The first-order chi connectivity index (χ1) is 13.0. The van der Waals surface area contributed by atoms with Gasteiger partial charge in [-0.1, -0.05) is 30.4 Å². The minimum absolute atomic E-state index is 0.250. The van der Waals surface area contributed by atoms with Crippen LogP contribution in [0.4, 0.5) is 5.69 Å². The van der Waals surface area contributed by atoms with Crippen molar-refractivity contribution in [2.24, 2.45) is 0 Å². The van der Waals surface area contributed by atoms with E-state index in [9.17, 15) is 18.5 Å². The highest BCUT2D eigenvalue weighted by Crippen LogP contribution is 2.26. The molecule has 1 aromatic carbocycles. The third-order valence-electron chi connectivity index (χ3n) is 4.37. The topological polar surface area (TPSA) is 96.6 Å². The number of piperazine rings is 1. The predicted molar refractivity (Wildman–Crippen MR) is 102 cm³/mol. The van der Waals surface area contributed by atoms with Crippen LogP contribution in [0.3, 0.4) is 0 Å². The quantitative estimate of drug-likeness (QED) is 0.555. The second-order valence-electron chi connectivity index (χ2n) is 6.12. The molecule has 27 heavy (non-hydrogen) atoms. The molecule has 0 amide bonds. The van der Waals surface area contributed by atoms with Gasteiger partial charge in [0.1, 0.15) is 0 Å². The standard InChI is InChI=1S/C18H20N4O4S/c23-22(24)17-7-1-2-8-18(17)27(25,26)21-13-11-20(12-14-21)10-4-6-16-5-3-9-19-15-16/h1-9,15H,10-14H2. The fourth-order valence-electron chi connectivity index (χ4n) is 2.93. The molecule has 0 spiro atoms. The molecule has 1 aliphatic heterocycles. The monoisotopic (exact) mass is 388 g/mol. The van der Waals surface area contributed by atoms with Crippen molar-refractivity contribution in [3.05, 3.63) is 70.5 Å². The molecule has 0 unspecified atom stereocenters. The fourth-order valence-corrected chi connectivity index (χ4v) is 4.51. The minimum atomic E-state index is -3.89. The summed E-state index contributed by atoms with van der Waals surface area (Å²) >= 11 is 0. The van der Waals surface area contributed by atoms with Gasteiger partial charge in [0.2, 0.25) is 10.0 Å². The van der Waals surface area contributed by atoms with Gasteiger partial charge in [-0.25, -0.2) is 8.42 Å². The Balaban J connectivity index is 1.62. The summed E-state index contributed by atoms with van der Waals surface area (Å²) in [4.78, 5) is 16.4. The van der Waals surface area contributed by atoms with Gasteiger partial charge in [-0.15, -0.1) is 0 Å². The van der Waals surface area contributed by atoms with E-state index >= 15 is 0 Å². The molecule has 3 rings (SSSR count). The van der Waals surface area contributed by atoms with E-state index in [1.54, 1.807) is 12.4 Å². The van der Waals surface area contributed by atoms with Crippen molar-refractivity contribution in [2.75, 3.05) is 32.7 Å². The molecule has 1 fully saturated rings. The van der Waals surface area contributed by atoms with Crippen LogP contribution in [0.1, 0.15) is 5.56 Å². The Morgan fingerprint density at radius 3 is 2.52 bits per heavy atom. The number of nitrogens with zero attached hydrogens (tertiary/aromatic N) is 4. The van der Waals surface area contributed by atoms with Crippen LogP contribution >= 0.6 is 0 Å². The first-order valence-electron chi connectivity index (χ1n) is 8.51. The number of aromatic nitrogens is 1. The predicted octanol–water partition coefficient (Wildman–Crippen LogP) is 2.01. The second kappa shape index (κ2) is 8.38. The molecule has 142 valence electrons. The fraction of sp³-hybridized carbons (Fsp3) is 0.278. The molecule has 2 heterocycles. The molecule has 0 radical (unpaired) electrons. The Kier molecular flexibility index (Phi) is 5.94. The lowest BCUT2D eigenvalue weighted by Crippen LogP contribution is -2.48. The van der Waals surface area contributed by atoms with E-state index in [0.717, 1.165) is 5.56 Å². The maximum absolute atomic E-state index is 12.8. The summed E-state index contributed by atoms with van der Waals surface area (Å²) in [5.41, 5.74) is 0.620. The van der Waals surface area contributed by atoms with Crippen LogP contribution in [0.2, 0.25) is 0 Å². The van der Waals surface area contributed by atoms with Gasteiger partial charge in [0, 0.05) is 51.2 Å². The van der Waals surface area contributed by atoms with Crippen LogP contribution < -0.4 is 0 Å². The van der Waals surface area contributed by atoms with Crippen molar-refractivity contribution in [1.82, 2.24) is 14.2 Å². The van der Waals surface area contributed by atoms with Crippen molar-refractivity contribution >= 4 is 21.8 Å². The molecule has 9 heteroatoms. The summed E-state index contributed by atoms with van der Waals surface area (Å²) in [6, 6.07) is 9.29. The second-order valence-corrected chi connectivity index (χ2v) is 8.02. The summed E-state index contributed by atoms with van der Waals surface area (Å²) in [5, 5.41) is 11.1. The Morgan fingerprint density at radius 2 is 1.85 bits per heavy atom. The van der Waals surface area contributed by atoms with Gasteiger partial charge in [0.15, 0.2) is 4.90 Å². The van der Waals surface area contributed by atoms with Crippen molar-refractivity contribution in [2.45, 2.75) is 4.90 Å². The maximum atomic E-state index is 12.8. The number of rotatable bonds is 6. The summed E-state index contributed by atoms with van der Waals surface area (Å²) in [6.07, 6.45) is 7.48. The average Bonchev–Trinajstić information content (AvgIpc) is 2.69. The van der Waals surface area contributed by atoms with Crippen LogP contribution in [0, 0.1) is 10.1 Å². The maximum Gasteiger partial charge on any atom is 0.289 e. The van der Waals surface area contributed by atoms with E-state index in [2.05, 4.69) is 9.88 Å². The van der Waals surface area contributed by atoms with Crippen LogP contribution in [-0.4, -0.2) is 60.3 Å². The van der Waals surface area contributed by atoms with E-state index in [1.165, 1.54) is 28.6 Å². The van der Waals surface area contributed by atoms with Crippen LogP contribution in [0.15, 0.2) is 59.8 Å². The molecule has 0 atom stereocenters. The number of para-hydroxylation sites is 1. The largest absolute Gasteiger partial charge is 0.297 e. The van der Waals surface area contributed by atoms with Gasteiger partial charge in [-0.2, -0.15) is 4.31 Å². The van der Waals surface area contributed by atoms with Gasteiger partial charge in [0.25, 0.3) is 5.69 Å².